The topological polar surface area (TPSA) is 21.6 Å². The zero-order valence-corrected chi connectivity index (χ0v) is 16.3. The lowest BCUT2D eigenvalue weighted by molar-refractivity contribution is -0.471. The van der Waals surface area contributed by atoms with Gasteiger partial charge in [-0.25, -0.2) is 0 Å². The van der Waals surface area contributed by atoms with E-state index in [0.717, 1.165) is 6.07 Å². The van der Waals surface area contributed by atoms with Crippen molar-refractivity contribution >= 4 is 23.1 Å². The highest BCUT2D eigenvalue weighted by Crippen LogP contribution is 2.64. The number of benzene rings is 1. The van der Waals surface area contributed by atoms with E-state index in [0.29, 0.717) is 12.1 Å². The third-order valence-corrected chi connectivity index (χ3v) is 4.05. The van der Waals surface area contributed by atoms with Crippen molar-refractivity contribution in [2.24, 2.45) is 4.99 Å². The van der Waals surface area contributed by atoms with Gasteiger partial charge < -0.3 is 4.74 Å². The second kappa shape index (κ2) is 8.63. The Morgan fingerprint density at radius 3 is 1.34 bits per heavy atom. The number of hydrogen-bond acceptors (Lipinski definition) is 3. The van der Waals surface area contributed by atoms with Gasteiger partial charge in [0.25, 0.3) is 0 Å². The molecule has 0 atom stereocenters. The molecule has 0 aliphatic heterocycles. The molecule has 0 fully saturated rings. The van der Waals surface area contributed by atoms with Gasteiger partial charge in [0.2, 0.25) is 0 Å². The number of alkyl halides is 17. The Morgan fingerprint density at radius 1 is 0.571 bits per heavy atom. The summed E-state index contributed by atoms with van der Waals surface area (Å²) in [4.78, 5) is 2.92. The summed E-state index contributed by atoms with van der Waals surface area (Å²) in [6, 6.07) is 2.40. The Morgan fingerprint density at radius 2 is 0.943 bits per heavy atom. The van der Waals surface area contributed by atoms with Crippen LogP contribution in [-0.4, -0.2) is 53.0 Å². The van der Waals surface area contributed by atoms with Crippen LogP contribution in [0.2, 0.25) is 0 Å². The van der Waals surface area contributed by atoms with E-state index in [1.54, 1.807) is 0 Å². The highest BCUT2D eigenvalue weighted by atomic mass is 32.1. The van der Waals surface area contributed by atoms with Crippen LogP contribution in [0.1, 0.15) is 0 Å². The fourth-order valence-electron chi connectivity index (χ4n) is 2.04. The lowest BCUT2D eigenvalue weighted by Gasteiger charge is -2.42. The van der Waals surface area contributed by atoms with Gasteiger partial charge in [-0.05, 0) is 24.4 Å². The number of isothiocyanates is 1. The molecule has 0 amide bonds. The van der Waals surface area contributed by atoms with Gasteiger partial charge in [-0.3, -0.25) is 0 Å². The van der Waals surface area contributed by atoms with E-state index in [1.807, 2.05) is 0 Å². The van der Waals surface area contributed by atoms with Crippen LogP contribution in [-0.2, 0) is 0 Å². The zero-order chi connectivity index (χ0) is 28.1. The summed E-state index contributed by atoms with van der Waals surface area (Å²) in [6.07, 6.45) is -14.8. The molecule has 0 spiro atoms. The number of rotatable bonds is 9. The largest absolute Gasteiger partial charge is 0.471 e. The van der Waals surface area contributed by atoms with E-state index in [2.05, 4.69) is 21.9 Å². The molecule has 0 saturated carbocycles. The third kappa shape index (κ3) is 4.38. The van der Waals surface area contributed by atoms with Gasteiger partial charge in [0.05, 0.1) is 5.16 Å². The maximum absolute atomic E-state index is 13.8. The van der Waals surface area contributed by atoms with Crippen molar-refractivity contribution in [3.63, 3.8) is 0 Å². The van der Waals surface area contributed by atoms with E-state index in [9.17, 15) is 74.6 Å². The molecule has 0 aliphatic carbocycles. The first-order valence-electron chi connectivity index (χ1n) is 7.85. The van der Waals surface area contributed by atoms with Crippen molar-refractivity contribution < 1.29 is 79.4 Å². The summed E-state index contributed by atoms with van der Waals surface area (Å²) in [6.45, 7) is 0. The molecule has 1 aromatic rings. The highest BCUT2D eigenvalue weighted by Gasteiger charge is 2.95. The average Bonchev–Trinajstić information content (AvgIpc) is 2.67. The highest BCUT2D eigenvalue weighted by molar-refractivity contribution is 7.78. The minimum Gasteiger partial charge on any atom is -0.426 e. The van der Waals surface area contributed by atoms with Crippen molar-refractivity contribution in [2.45, 2.75) is 47.8 Å². The maximum atomic E-state index is 13.8. The summed E-state index contributed by atoms with van der Waals surface area (Å²) in [5, 5.41) is 1.45. The Bertz CT molecular complexity index is 980. The second-order valence-electron chi connectivity index (χ2n) is 6.23. The number of nitrogens with zero attached hydrogens (tertiary/aromatic N) is 1. The molecule has 0 heterocycles. The Labute approximate surface area is 186 Å². The smallest absolute Gasteiger partial charge is 0.426 e. The van der Waals surface area contributed by atoms with Gasteiger partial charge in [0, 0.05) is 0 Å². The minimum atomic E-state index is -8.71. The molecule has 1 rings (SSSR count). The fraction of sp³-hybridized carbons (Fsp3) is 0.533. The molecule has 35 heavy (non-hydrogen) atoms. The standard InChI is InChI=1S/C15H4F17NOS/c16-8(17,10(20,21)12(24,25)14(28,29)30)9(18,19)11(22,23)13(26,27)15(31,32)34-7-4-2-1-3-6(7)33-5-35/h1-4H. The van der Waals surface area contributed by atoms with Crippen molar-refractivity contribution in [2.75, 3.05) is 0 Å². The van der Waals surface area contributed by atoms with Crippen LogP contribution in [0.3, 0.4) is 0 Å². The zero-order valence-electron chi connectivity index (χ0n) is 15.5. The summed E-state index contributed by atoms with van der Waals surface area (Å²) in [5.41, 5.74) is -1.02. The summed E-state index contributed by atoms with van der Waals surface area (Å²) >= 11 is 4.03. The first-order valence-corrected chi connectivity index (χ1v) is 8.26. The van der Waals surface area contributed by atoms with E-state index < -0.39 is 59.3 Å². The van der Waals surface area contributed by atoms with Gasteiger partial charge in [0.15, 0.2) is 5.75 Å². The van der Waals surface area contributed by atoms with Crippen molar-refractivity contribution in [1.82, 2.24) is 0 Å². The van der Waals surface area contributed by atoms with Crippen LogP contribution < -0.4 is 4.74 Å². The quantitative estimate of drug-likeness (QED) is 0.172. The molecular weight excluding hydrogens is 565 g/mol. The van der Waals surface area contributed by atoms with Gasteiger partial charge >= 0.3 is 47.8 Å². The molecule has 2 nitrogen and oxygen atoms in total. The molecule has 0 N–H and O–H groups in total. The number of aliphatic imine (C=N–C) groups is 1. The molecule has 0 aliphatic rings. The van der Waals surface area contributed by atoms with E-state index >= 15 is 0 Å². The summed E-state index contributed by atoms with van der Waals surface area (Å²) in [7, 11) is 0. The minimum absolute atomic E-state index is 0.235. The van der Waals surface area contributed by atoms with E-state index in [4.69, 9.17) is 0 Å². The van der Waals surface area contributed by atoms with Crippen molar-refractivity contribution in [3.8, 4) is 5.75 Å². The Balaban J connectivity index is 3.65. The predicted octanol–water partition coefficient (Wildman–Crippen LogP) is 7.77. The summed E-state index contributed by atoms with van der Waals surface area (Å²) in [5.74, 6) is -52.3. The molecule has 1 aromatic carbocycles. The molecular formula is C15H4F17NOS. The SMILES string of the molecule is FC(F)(F)C(F)(F)C(F)(F)C(F)(F)C(F)(F)C(F)(F)C(F)(F)C(F)(F)Oc1ccccc1N=C=S. The van der Waals surface area contributed by atoms with Crippen LogP contribution in [0, 0.1) is 0 Å². The van der Waals surface area contributed by atoms with Gasteiger partial charge in [0.1, 0.15) is 5.69 Å². The first-order chi connectivity index (χ1) is 15.3. The average molecular weight is 569 g/mol. The van der Waals surface area contributed by atoms with E-state index in [-0.39, 0.29) is 6.07 Å². The van der Waals surface area contributed by atoms with Gasteiger partial charge in [-0.15, -0.1) is 0 Å². The normalized spacial score (nSPS) is 15.0. The van der Waals surface area contributed by atoms with Crippen LogP contribution in [0.5, 0.6) is 5.75 Å². The molecule has 0 bridgehead atoms. The van der Waals surface area contributed by atoms with Crippen LogP contribution >= 0.6 is 12.2 Å². The summed E-state index contributed by atoms with van der Waals surface area (Å²) < 4.78 is 227. The van der Waals surface area contributed by atoms with E-state index in [1.165, 1.54) is 5.16 Å². The fourth-order valence-corrected chi connectivity index (χ4v) is 2.14. The lowest BCUT2D eigenvalue weighted by Crippen LogP contribution is -2.74. The number of thiocarbonyl (C=S) groups is 1. The lowest BCUT2D eigenvalue weighted by atomic mass is 9.90. The van der Waals surface area contributed by atoms with Crippen LogP contribution in [0.4, 0.5) is 80.3 Å². The van der Waals surface area contributed by atoms with Crippen molar-refractivity contribution in [3.05, 3.63) is 24.3 Å². The number of ether oxygens (including phenoxy) is 1. The predicted molar refractivity (Wildman–Crippen MR) is 82.4 cm³/mol. The Hall–Kier alpha value is -2.37. The molecule has 0 radical (unpaired) electrons. The van der Waals surface area contributed by atoms with Gasteiger partial charge in [-0.1, -0.05) is 12.1 Å². The monoisotopic (exact) mass is 569 g/mol. The Kier molecular flexibility index (Phi) is 7.56. The molecule has 20 heteroatoms. The number of halogens is 17. The van der Waals surface area contributed by atoms with Gasteiger partial charge in [-0.2, -0.15) is 79.6 Å². The maximum Gasteiger partial charge on any atom is 0.471 e. The molecule has 200 valence electrons. The number of para-hydroxylation sites is 2. The molecule has 0 unspecified atom stereocenters. The van der Waals surface area contributed by atoms with Crippen molar-refractivity contribution in [1.29, 1.82) is 0 Å². The second-order valence-corrected chi connectivity index (χ2v) is 6.42. The van der Waals surface area contributed by atoms with Crippen LogP contribution in [0.25, 0.3) is 0 Å². The van der Waals surface area contributed by atoms with Crippen LogP contribution in [0.15, 0.2) is 29.3 Å². The molecule has 0 aromatic heterocycles. The third-order valence-electron chi connectivity index (χ3n) is 3.96. The number of hydrogen-bond donors (Lipinski definition) is 0. The molecule has 0 saturated heterocycles. The first kappa shape index (κ1) is 30.7.